The predicted octanol–water partition coefficient (Wildman–Crippen LogP) is 4.81. The Kier molecular flexibility index (Phi) is 8.20. The standard InChI is InChI=1S/C24H33F4N3O/c1-16-3-5-22(6-4-16)30-15-23(32)31-9-7-18(8-10-31)14-29-17(2)19-11-20(24(26,27)28)13-21(25)12-19/h11-13,16,18,22,29-30H,2-10,14-15H2,1H3. The second kappa shape index (κ2) is 10.7. The van der Waals surface area contributed by atoms with Crippen molar-refractivity contribution < 1.29 is 22.4 Å². The number of alkyl halides is 3. The Morgan fingerprint density at radius 2 is 1.75 bits per heavy atom. The molecule has 0 unspecified atom stereocenters. The summed E-state index contributed by atoms with van der Waals surface area (Å²) in [5.74, 6) is 0.235. The minimum atomic E-state index is -4.61. The van der Waals surface area contributed by atoms with E-state index in [1.54, 1.807) is 0 Å². The van der Waals surface area contributed by atoms with Crippen molar-refractivity contribution in [3.05, 3.63) is 41.7 Å². The Balaban J connectivity index is 1.40. The van der Waals surface area contributed by atoms with Crippen molar-refractivity contribution in [1.29, 1.82) is 0 Å². The molecule has 1 aromatic rings. The summed E-state index contributed by atoms with van der Waals surface area (Å²) in [5.41, 5.74) is -0.675. The maximum atomic E-state index is 13.6. The third-order valence-electron chi connectivity index (χ3n) is 6.70. The molecule has 0 aromatic heterocycles. The van der Waals surface area contributed by atoms with E-state index in [0.717, 1.165) is 43.7 Å². The second-order valence-electron chi connectivity index (χ2n) is 9.25. The molecule has 0 bridgehead atoms. The molecule has 0 radical (unpaired) electrons. The summed E-state index contributed by atoms with van der Waals surface area (Å²) in [7, 11) is 0. The van der Waals surface area contributed by atoms with Gasteiger partial charge in [0.1, 0.15) is 5.82 Å². The molecular weight excluding hydrogens is 422 g/mol. The third-order valence-corrected chi connectivity index (χ3v) is 6.70. The number of carbonyl (C=O) groups excluding carboxylic acids is 1. The van der Waals surface area contributed by atoms with Crippen molar-refractivity contribution in [1.82, 2.24) is 15.5 Å². The number of hydrogen-bond donors (Lipinski definition) is 2. The van der Waals surface area contributed by atoms with Gasteiger partial charge in [0.15, 0.2) is 0 Å². The van der Waals surface area contributed by atoms with Gasteiger partial charge in [-0.25, -0.2) is 4.39 Å². The summed E-state index contributed by atoms with van der Waals surface area (Å²) < 4.78 is 52.4. The van der Waals surface area contributed by atoms with Gasteiger partial charge in [0.2, 0.25) is 5.91 Å². The van der Waals surface area contributed by atoms with Gasteiger partial charge in [-0.1, -0.05) is 13.5 Å². The van der Waals surface area contributed by atoms with E-state index in [2.05, 4.69) is 24.1 Å². The van der Waals surface area contributed by atoms with E-state index in [9.17, 15) is 22.4 Å². The normalized spacial score (nSPS) is 22.6. The first-order chi connectivity index (χ1) is 15.1. The first kappa shape index (κ1) is 24.6. The first-order valence-electron chi connectivity index (χ1n) is 11.4. The SMILES string of the molecule is C=C(NCC1CCN(C(=O)CNC2CCC(C)CC2)CC1)c1cc(F)cc(C(F)(F)F)c1. The van der Waals surface area contributed by atoms with E-state index in [1.165, 1.54) is 12.8 Å². The van der Waals surface area contributed by atoms with E-state index >= 15 is 0 Å². The fourth-order valence-electron chi connectivity index (χ4n) is 4.49. The lowest BCUT2D eigenvalue weighted by molar-refractivity contribution is -0.137. The van der Waals surface area contributed by atoms with Gasteiger partial charge in [0, 0.05) is 36.9 Å². The second-order valence-corrected chi connectivity index (χ2v) is 9.25. The Morgan fingerprint density at radius 3 is 2.38 bits per heavy atom. The van der Waals surface area contributed by atoms with E-state index < -0.39 is 17.6 Å². The minimum absolute atomic E-state index is 0.0909. The van der Waals surface area contributed by atoms with Crippen LogP contribution in [0.2, 0.25) is 0 Å². The molecule has 1 aliphatic carbocycles. The van der Waals surface area contributed by atoms with Crippen LogP contribution in [0.25, 0.3) is 5.70 Å². The average molecular weight is 456 g/mol. The summed E-state index contributed by atoms with van der Waals surface area (Å²) in [5, 5.41) is 6.45. The van der Waals surface area contributed by atoms with Crippen LogP contribution in [0.15, 0.2) is 24.8 Å². The molecule has 1 aliphatic heterocycles. The lowest BCUT2D eigenvalue weighted by atomic mass is 9.87. The zero-order chi connectivity index (χ0) is 23.3. The van der Waals surface area contributed by atoms with Gasteiger partial charge in [-0.2, -0.15) is 13.2 Å². The quantitative estimate of drug-likeness (QED) is 0.580. The zero-order valence-electron chi connectivity index (χ0n) is 18.6. The highest BCUT2D eigenvalue weighted by Crippen LogP contribution is 2.31. The van der Waals surface area contributed by atoms with Crippen LogP contribution in [0.5, 0.6) is 0 Å². The average Bonchev–Trinajstić information content (AvgIpc) is 2.76. The fourth-order valence-corrected chi connectivity index (χ4v) is 4.49. The maximum Gasteiger partial charge on any atom is 0.416 e. The number of nitrogens with zero attached hydrogens (tertiary/aromatic N) is 1. The molecule has 3 rings (SSSR count). The van der Waals surface area contributed by atoms with Crippen LogP contribution < -0.4 is 10.6 Å². The molecule has 178 valence electrons. The monoisotopic (exact) mass is 455 g/mol. The topological polar surface area (TPSA) is 44.4 Å². The lowest BCUT2D eigenvalue weighted by Crippen LogP contribution is -2.46. The van der Waals surface area contributed by atoms with E-state index in [0.29, 0.717) is 38.3 Å². The van der Waals surface area contributed by atoms with Gasteiger partial charge in [-0.15, -0.1) is 0 Å². The van der Waals surface area contributed by atoms with Crippen molar-refractivity contribution in [2.45, 2.75) is 57.7 Å². The van der Waals surface area contributed by atoms with Crippen LogP contribution in [-0.2, 0) is 11.0 Å². The van der Waals surface area contributed by atoms with Crippen LogP contribution in [0.1, 0.15) is 56.6 Å². The predicted molar refractivity (Wildman–Crippen MR) is 117 cm³/mol. The Morgan fingerprint density at radius 1 is 1.09 bits per heavy atom. The number of hydrogen-bond acceptors (Lipinski definition) is 3. The summed E-state index contributed by atoms with van der Waals surface area (Å²) in [6.45, 7) is 8.28. The number of likely N-dealkylation sites (tertiary alicyclic amines) is 1. The molecule has 1 aromatic carbocycles. The smallest absolute Gasteiger partial charge is 0.385 e. The van der Waals surface area contributed by atoms with E-state index in [1.807, 2.05) is 4.90 Å². The molecule has 1 amide bonds. The highest BCUT2D eigenvalue weighted by molar-refractivity contribution is 5.78. The highest BCUT2D eigenvalue weighted by Gasteiger charge is 2.31. The molecule has 2 fully saturated rings. The van der Waals surface area contributed by atoms with Crippen molar-refractivity contribution in [3.8, 4) is 0 Å². The number of halogens is 4. The molecule has 4 nitrogen and oxygen atoms in total. The third kappa shape index (κ3) is 6.95. The van der Waals surface area contributed by atoms with Crippen molar-refractivity contribution in [2.75, 3.05) is 26.2 Å². The molecule has 1 saturated heterocycles. The summed E-state index contributed by atoms with van der Waals surface area (Å²) >= 11 is 0. The Bertz CT molecular complexity index is 795. The van der Waals surface area contributed by atoms with Crippen LogP contribution in [0.4, 0.5) is 17.6 Å². The highest BCUT2D eigenvalue weighted by atomic mass is 19.4. The van der Waals surface area contributed by atoms with Crippen LogP contribution in [-0.4, -0.2) is 43.0 Å². The summed E-state index contributed by atoms with van der Waals surface area (Å²) in [6.07, 6.45) is 1.68. The van der Waals surface area contributed by atoms with Crippen molar-refractivity contribution in [2.24, 2.45) is 11.8 Å². The number of piperidine rings is 1. The summed E-state index contributed by atoms with van der Waals surface area (Å²) in [6, 6.07) is 2.86. The van der Waals surface area contributed by atoms with Crippen LogP contribution in [0, 0.1) is 17.7 Å². The molecule has 32 heavy (non-hydrogen) atoms. The van der Waals surface area contributed by atoms with Gasteiger partial charge in [-0.3, -0.25) is 4.79 Å². The largest absolute Gasteiger partial charge is 0.416 e. The fraction of sp³-hybridized carbons (Fsp3) is 0.625. The number of carbonyl (C=O) groups is 1. The number of nitrogens with one attached hydrogen (secondary N) is 2. The minimum Gasteiger partial charge on any atom is -0.385 e. The molecule has 2 N–H and O–H groups in total. The van der Waals surface area contributed by atoms with E-state index in [-0.39, 0.29) is 23.1 Å². The van der Waals surface area contributed by atoms with Gasteiger partial charge < -0.3 is 15.5 Å². The molecule has 1 heterocycles. The summed E-state index contributed by atoms with van der Waals surface area (Å²) in [4.78, 5) is 14.4. The molecule has 0 atom stereocenters. The molecule has 2 aliphatic rings. The molecule has 1 saturated carbocycles. The van der Waals surface area contributed by atoms with Crippen LogP contribution >= 0.6 is 0 Å². The molecule has 8 heteroatoms. The van der Waals surface area contributed by atoms with Crippen LogP contribution in [0.3, 0.4) is 0 Å². The number of amides is 1. The van der Waals surface area contributed by atoms with Crippen molar-refractivity contribution >= 4 is 11.6 Å². The number of benzene rings is 1. The number of rotatable bonds is 7. The van der Waals surface area contributed by atoms with Crippen molar-refractivity contribution in [3.63, 3.8) is 0 Å². The van der Waals surface area contributed by atoms with Gasteiger partial charge in [-0.05, 0) is 68.6 Å². The Labute approximate surface area is 187 Å². The van der Waals surface area contributed by atoms with Gasteiger partial charge in [0.05, 0.1) is 12.1 Å². The molecular formula is C24H33F4N3O. The van der Waals surface area contributed by atoms with E-state index in [4.69, 9.17) is 0 Å². The zero-order valence-corrected chi connectivity index (χ0v) is 18.6. The maximum absolute atomic E-state index is 13.6. The molecule has 0 spiro atoms. The Hall–Kier alpha value is -2.09. The first-order valence-corrected chi connectivity index (χ1v) is 11.4. The lowest BCUT2D eigenvalue weighted by Gasteiger charge is -2.33. The van der Waals surface area contributed by atoms with Gasteiger partial charge in [0.25, 0.3) is 0 Å². The van der Waals surface area contributed by atoms with Gasteiger partial charge >= 0.3 is 6.18 Å².